The second kappa shape index (κ2) is 7.86. The van der Waals surface area contributed by atoms with Gasteiger partial charge in [-0.3, -0.25) is 4.79 Å². The zero-order valence-corrected chi connectivity index (χ0v) is 15.7. The highest BCUT2D eigenvalue weighted by atomic mass is 79.9. The van der Waals surface area contributed by atoms with Crippen LogP contribution in [0.1, 0.15) is 20.4 Å². The largest absolute Gasteiger partial charge is 0.320 e. The number of hydrogen-bond acceptors (Lipinski definition) is 4. The number of halogens is 3. The minimum atomic E-state index is -0.357. The smallest absolute Gasteiger partial charge is 0.286 e. The van der Waals surface area contributed by atoms with Crippen molar-refractivity contribution in [2.75, 3.05) is 5.32 Å². The van der Waals surface area contributed by atoms with Crippen molar-refractivity contribution in [1.29, 1.82) is 0 Å². The van der Waals surface area contributed by atoms with Crippen LogP contribution in [0.3, 0.4) is 0 Å². The van der Waals surface area contributed by atoms with E-state index in [1.165, 1.54) is 6.07 Å². The first-order valence-corrected chi connectivity index (χ1v) is 9.04. The van der Waals surface area contributed by atoms with Gasteiger partial charge in [-0.25, -0.2) is 4.39 Å². The maximum atomic E-state index is 13.3. The molecule has 0 unspecified atom stereocenters. The fourth-order valence-electron chi connectivity index (χ4n) is 1.93. The summed E-state index contributed by atoms with van der Waals surface area (Å²) in [4.78, 5) is 12.2. The average Bonchev–Trinajstić information content (AvgIpc) is 3.09. The summed E-state index contributed by atoms with van der Waals surface area (Å²) in [6.07, 6.45) is 1.63. The predicted octanol–water partition coefficient (Wildman–Crippen LogP) is 5.43. The van der Waals surface area contributed by atoms with Crippen LogP contribution in [0.4, 0.5) is 10.1 Å². The Hall–Kier alpha value is -2.09. The highest BCUT2D eigenvalue weighted by Gasteiger charge is 2.15. The molecule has 1 amide bonds. The van der Waals surface area contributed by atoms with Crippen molar-refractivity contribution in [3.63, 3.8) is 0 Å². The Morgan fingerprint density at radius 2 is 1.88 bits per heavy atom. The van der Waals surface area contributed by atoms with E-state index in [2.05, 4.69) is 31.4 Å². The Morgan fingerprint density at radius 1 is 1.16 bits per heavy atom. The van der Waals surface area contributed by atoms with Crippen molar-refractivity contribution >= 4 is 61.6 Å². The van der Waals surface area contributed by atoms with Crippen molar-refractivity contribution in [1.82, 2.24) is 10.2 Å². The van der Waals surface area contributed by atoms with Crippen LogP contribution in [0.5, 0.6) is 0 Å². The quantitative estimate of drug-likeness (QED) is 0.591. The topological polar surface area (TPSA) is 54.9 Å². The second-order valence-electron chi connectivity index (χ2n) is 4.90. The van der Waals surface area contributed by atoms with E-state index in [9.17, 15) is 9.18 Å². The van der Waals surface area contributed by atoms with Crippen molar-refractivity contribution < 1.29 is 9.18 Å². The summed E-state index contributed by atoms with van der Waals surface area (Å²) in [5.74, 6) is -0.715. The van der Waals surface area contributed by atoms with Crippen molar-refractivity contribution in [2.24, 2.45) is 0 Å². The van der Waals surface area contributed by atoms with Gasteiger partial charge in [0.2, 0.25) is 5.01 Å². The summed E-state index contributed by atoms with van der Waals surface area (Å²) >= 11 is 10.4. The maximum Gasteiger partial charge on any atom is 0.286 e. The molecular formula is C17H10BrClFN3OS. The Morgan fingerprint density at radius 3 is 2.60 bits per heavy atom. The lowest BCUT2D eigenvalue weighted by atomic mass is 10.2. The Balaban J connectivity index is 1.77. The van der Waals surface area contributed by atoms with Gasteiger partial charge in [-0.1, -0.05) is 47.2 Å². The van der Waals surface area contributed by atoms with E-state index >= 15 is 0 Å². The van der Waals surface area contributed by atoms with Gasteiger partial charge in [-0.15, -0.1) is 10.2 Å². The molecule has 0 bridgehead atoms. The van der Waals surface area contributed by atoms with Crippen molar-refractivity contribution in [3.05, 3.63) is 74.4 Å². The van der Waals surface area contributed by atoms with Gasteiger partial charge in [0.25, 0.3) is 5.91 Å². The number of carbonyl (C=O) groups excluding carboxylic acids is 1. The Kier molecular flexibility index (Phi) is 5.57. The van der Waals surface area contributed by atoms with E-state index in [0.29, 0.717) is 25.8 Å². The molecule has 1 aromatic heterocycles. The second-order valence-corrected chi connectivity index (χ2v) is 7.14. The van der Waals surface area contributed by atoms with Crippen LogP contribution in [-0.2, 0) is 0 Å². The molecular weight excluding hydrogens is 429 g/mol. The zero-order valence-electron chi connectivity index (χ0n) is 12.5. The standard InChI is InChI=1S/C17H10BrClFN3OS/c18-12-8-10(6-7-14(12)20)9-13(19)16-22-23-17(25-16)15(24)21-11-4-2-1-3-5-11/h1-9H,(H,21,24)/b13-9-. The van der Waals surface area contributed by atoms with Crippen LogP contribution in [-0.4, -0.2) is 16.1 Å². The van der Waals surface area contributed by atoms with Crippen molar-refractivity contribution in [2.45, 2.75) is 0 Å². The van der Waals surface area contributed by atoms with Crippen LogP contribution >= 0.6 is 38.9 Å². The van der Waals surface area contributed by atoms with Gasteiger partial charge in [0.1, 0.15) is 5.82 Å². The van der Waals surface area contributed by atoms with Crippen molar-refractivity contribution in [3.8, 4) is 0 Å². The van der Waals surface area contributed by atoms with Crippen LogP contribution in [0, 0.1) is 5.82 Å². The molecule has 3 aromatic rings. The Labute approximate surface area is 160 Å². The number of carbonyl (C=O) groups is 1. The molecule has 0 aliphatic heterocycles. The number of rotatable bonds is 4. The highest BCUT2D eigenvalue weighted by Crippen LogP contribution is 2.27. The van der Waals surface area contributed by atoms with E-state index in [0.717, 1.165) is 11.3 Å². The van der Waals surface area contributed by atoms with Gasteiger partial charge in [0.15, 0.2) is 5.01 Å². The number of amides is 1. The van der Waals surface area contributed by atoms with E-state index < -0.39 is 0 Å². The molecule has 0 saturated heterocycles. The summed E-state index contributed by atoms with van der Waals surface area (Å²) < 4.78 is 13.6. The molecule has 1 N–H and O–H groups in total. The molecule has 1 heterocycles. The molecule has 3 rings (SSSR count). The van der Waals surface area contributed by atoms with E-state index in [1.807, 2.05) is 18.2 Å². The first-order valence-electron chi connectivity index (χ1n) is 7.05. The summed E-state index contributed by atoms with van der Waals surface area (Å²) in [6, 6.07) is 13.6. The monoisotopic (exact) mass is 437 g/mol. The van der Waals surface area contributed by atoms with Crippen LogP contribution in [0.25, 0.3) is 11.1 Å². The number of anilines is 1. The minimum absolute atomic E-state index is 0.200. The normalized spacial score (nSPS) is 11.4. The van der Waals surface area contributed by atoms with E-state index in [4.69, 9.17) is 11.6 Å². The molecule has 25 heavy (non-hydrogen) atoms. The molecule has 0 aliphatic carbocycles. The number of nitrogens with one attached hydrogen (secondary N) is 1. The summed E-state index contributed by atoms with van der Waals surface area (Å²) in [7, 11) is 0. The number of para-hydroxylation sites is 1. The van der Waals surface area contributed by atoms with Crippen LogP contribution in [0.15, 0.2) is 53.0 Å². The highest BCUT2D eigenvalue weighted by molar-refractivity contribution is 9.10. The molecule has 2 aromatic carbocycles. The first kappa shape index (κ1) is 17.7. The average molecular weight is 439 g/mol. The fraction of sp³-hybridized carbons (Fsp3) is 0. The third-order valence-electron chi connectivity index (χ3n) is 3.09. The van der Waals surface area contributed by atoms with Crippen LogP contribution in [0.2, 0.25) is 0 Å². The molecule has 126 valence electrons. The first-order chi connectivity index (χ1) is 12.0. The van der Waals surface area contributed by atoms with Gasteiger partial charge in [-0.05, 0) is 51.8 Å². The van der Waals surface area contributed by atoms with Gasteiger partial charge in [-0.2, -0.15) is 0 Å². The van der Waals surface area contributed by atoms with E-state index in [-0.39, 0.29) is 16.7 Å². The number of benzene rings is 2. The number of nitrogens with zero attached hydrogens (tertiary/aromatic N) is 2. The van der Waals surface area contributed by atoms with E-state index in [1.54, 1.807) is 30.3 Å². The van der Waals surface area contributed by atoms with Gasteiger partial charge in [0.05, 0.1) is 9.51 Å². The molecule has 0 fully saturated rings. The third-order valence-corrected chi connectivity index (χ3v) is 5.06. The molecule has 8 heteroatoms. The summed E-state index contributed by atoms with van der Waals surface area (Å²) in [6.45, 7) is 0. The lowest BCUT2D eigenvalue weighted by Crippen LogP contribution is -2.11. The molecule has 4 nitrogen and oxygen atoms in total. The molecule has 0 saturated carbocycles. The molecule has 0 atom stereocenters. The van der Waals surface area contributed by atoms with Gasteiger partial charge < -0.3 is 5.32 Å². The van der Waals surface area contributed by atoms with Gasteiger partial charge >= 0.3 is 0 Å². The third kappa shape index (κ3) is 4.50. The molecule has 0 aliphatic rings. The zero-order chi connectivity index (χ0) is 17.8. The molecule has 0 radical (unpaired) electrons. The van der Waals surface area contributed by atoms with Gasteiger partial charge in [0, 0.05) is 5.69 Å². The van der Waals surface area contributed by atoms with Crippen LogP contribution < -0.4 is 5.32 Å². The summed E-state index contributed by atoms with van der Waals surface area (Å²) in [5, 5.41) is 11.5. The molecule has 0 spiro atoms. The minimum Gasteiger partial charge on any atom is -0.320 e. The Bertz CT molecular complexity index is 946. The maximum absolute atomic E-state index is 13.3. The lowest BCUT2D eigenvalue weighted by Gasteiger charge is -2.00. The predicted molar refractivity (Wildman–Crippen MR) is 102 cm³/mol. The summed E-state index contributed by atoms with van der Waals surface area (Å²) in [5.41, 5.74) is 1.37. The fourth-order valence-corrected chi connectivity index (χ4v) is 3.25. The number of hydrogen-bond donors (Lipinski definition) is 1. The lowest BCUT2D eigenvalue weighted by molar-refractivity contribution is 0.102. The number of aromatic nitrogens is 2. The SMILES string of the molecule is O=C(Nc1ccccc1)c1nnc(/C(Cl)=C/c2ccc(F)c(Br)c2)s1.